The summed E-state index contributed by atoms with van der Waals surface area (Å²) in [5.41, 5.74) is 0. The lowest BCUT2D eigenvalue weighted by molar-refractivity contribution is 0.489. The molecule has 1 aliphatic carbocycles. The minimum atomic E-state index is -1.23. The second-order valence-corrected chi connectivity index (χ2v) is 7.67. The van der Waals surface area contributed by atoms with Gasteiger partial charge in [0.25, 0.3) is 0 Å². The molecular weight excluding hydrogens is 321 g/mol. The molecular formula is C13H15Cl2NOS2. The SMILES string of the molecule is CNC(=S)[C@@]1(C2C=C(Cl)CC(Cl)C2)C=CC=C[S@+]1[O-]. The normalized spacial score (nSPS) is 37.9. The second-order valence-electron chi connectivity index (χ2n) is 4.61. The van der Waals surface area contributed by atoms with Gasteiger partial charge < -0.3 is 9.87 Å². The van der Waals surface area contributed by atoms with Crippen LogP contribution < -0.4 is 5.32 Å². The van der Waals surface area contributed by atoms with Crippen LogP contribution in [0.3, 0.4) is 0 Å². The molecule has 0 amide bonds. The Morgan fingerprint density at radius 2 is 2.32 bits per heavy atom. The minimum absolute atomic E-state index is 0.0460. The fraction of sp³-hybridized carbons (Fsp3) is 0.462. The van der Waals surface area contributed by atoms with Crippen LogP contribution in [0, 0.1) is 5.92 Å². The first-order chi connectivity index (χ1) is 9.00. The molecule has 2 unspecified atom stereocenters. The van der Waals surface area contributed by atoms with E-state index in [-0.39, 0.29) is 11.3 Å². The molecule has 2 nitrogen and oxygen atoms in total. The minimum Gasteiger partial charge on any atom is -0.611 e. The maximum Gasteiger partial charge on any atom is 0.204 e. The van der Waals surface area contributed by atoms with Gasteiger partial charge in [-0.2, -0.15) is 0 Å². The maximum absolute atomic E-state index is 12.6. The third kappa shape index (κ3) is 2.88. The van der Waals surface area contributed by atoms with Crippen LogP contribution in [0.4, 0.5) is 0 Å². The molecule has 0 saturated carbocycles. The third-order valence-electron chi connectivity index (χ3n) is 3.43. The highest BCUT2D eigenvalue weighted by atomic mass is 35.5. The number of rotatable bonds is 2. The van der Waals surface area contributed by atoms with Crippen molar-refractivity contribution in [1.82, 2.24) is 5.32 Å². The number of halogens is 2. The maximum atomic E-state index is 12.6. The van der Waals surface area contributed by atoms with Gasteiger partial charge in [-0.05, 0) is 36.2 Å². The Morgan fingerprint density at radius 3 is 2.89 bits per heavy atom. The van der Waals surface area contributed by atoms with E-state index in [0.717, 1.165) is 5.03 Å². The first kappa shape index (κ1) is 15.4. The molecule has 6 heteroatoms. The van der Waals surface area contributed by atoms with Crippen LogP contribution in [0.1, 0.15) is 12.8 Å². The van der Waals surface area contributed by atoms with E-state index in [1.54, 1.807) is 18.5 Å². The molecule has 1 aliphatic heterocycles. The van der Waals surface area contributed by atoms with E-state index in [9.17, 15) is 4.55 Å². The largest absolute Gasteiger partial charge is 0.611 e. The quantitative estimate of drug-likeness (QED) is 0.478. The van der Waals surface area contributed by atoms with Crippen LogP contribution in [0.5, 0.6) is 0 Å². The monoisotopic (exact) mass is 335 g/mol. The topological polar surface area (TPSA) is 35.1 Å². The molecule has 2 aliphatic rings. The molecule has 4 atom stereocenters. The Labute approximate surface area is 132 Å². The molecule has 1 heterocycles. The van der Waals surface area contributed by atoms with Gasteiger partial charge in [-0.3, -0.25) is 0 Å². The molecule has 1 N–H and O–H groups in total. The summed E-state index contributed by atoms with van der Waals surface area (Å²) in [4.78, 5) is 0.558. The van der Waals surface area contributed by atoms with Gasteiger partial charge in [0.2, 0.25) is 4.75 Å². The number of hydrogen-bond acceptors (Lipinski definition) is 2. The van der Waals surface area contributed by atoms with E-state index >= 15 is 0 Å². The molecule has 0 spiro atoms. The van der Waals surface area contributed by atoms with Crippen LogP contribution >= 0.6 is 35.4 Å². The van der Waals surface area contributed by atoms with Gasteiger partial charge >= 0.3 is 0 Å². The highest BCUT2D eigenvalue weighted by molar-refractivity contribution is 7.98. The summed E-state index contributed by atoms with van der Waals surface area (Å²) in [6.45, 7) is 0. The summed E-state index contributed by atoms with van der Waals surface area (Å²) in [5.74, 6) is -0.0572. The fourth-order valence-electron chi connectivity index (χ4n) is 2.52. The summed E-state index contributed by atoms with van der Waals surface area (Å²) in [7, 11) is 1.75. The molecule has 2 rings (SSSR count). The molecule has 0 bridgehead atoms. The fourth-order valence-corrected chi connectivity index (χ4v) is 5.18. The predicted octanol–water partition coefficient (Wildman–Crippen LogP) is 3.24. The molecule has 19 heavy (non-hydrogen) atoms. The summed E-state index contributed by atoms with van der Waals surface area (Å²) >= 11 is 16.6. The summed E-state index contributed by atoms with van der Waals surface area (Å²) in [6, 6.07) is 0. The zero-order valence-corrected chi connectivity index (χ0v) is 13.6. The Hall–Kier alpha value is -0.0000000000000000763. The van der Waals surface area contributed by atoms with Crippen LogP contribution in [0.25, 0.3) is 0 Å². The highest BCUT2D eigenvalue weighted by Crippen LogP contribution is 2.42. The number of allylic oxidation sites excluding steroid dienone is 4. The summed E-state index contributed by atoms with van der Waals surface area (Å²) < 4.78 is 11.8. The Balaban J connectivity index is 2.44. The molecule has 0 fully saturated rings. The average molecular weight is 336 g/mol. The van der Waals surface area contributed by atoms with Crippen molar-refractivity contribution in [3.63, 3.8) is 0 Å². The van der Waals surface area contributed by atoms with E-state index in [2.05, 4.69) is 5.32 Å². The molecule has 104 valence electrons. The van der Waals surface area contributed by atoms with Gasteiger partial charge in [0, 0.05) is 23.4 Å². The highest BCUT2D eigenvalue weighted by Gasteiger charge is 2.51. The van der Waals surface area contributed by atoms with Gasteiger partial charge in [0.1, 0.15) is 10.4 Å². The second kappa shape index (κ2) is 6.19. The Morgan fingerprint density at radius 1 is 1.58 bits per heavy atom. The lowest BCUT2D eigenvalue weighted by Gasteiger charge is -2.40. The first-order valence-corrected chi connectivity index (χ1v) is 8.43. The molecule has 0 aromatic carbocycles. The Bertz CT molecular complexity index is 464. The van der Waals surface area contributed by atoms with Crippen molar-refractivity contribution < 1.29 is 4.55 Å². The van der Waals surface area contributed by atoms with Crippen molar-refractivity contribution in [2.24, 2.45) is 5.92 Å². The van der Waals surface area contributed by atoms with Crippen molar-refractivity contribution in [2.45, 2.75) is 23.0 Å². The standard InChI is InChI=1S/C13H15Cl2NOS2/c1-16-12(18)13(4-2-3-5-19(13)17)9-6-10(14)8-11(15)7-9/h2-6,9,11H,7-8H2,1H3,(H,16,18)/t9?,11?,13-,19-/m0/s1. The van der Waals surface area contributed by atoms with Gasteiger partial charge in [0.15, 0.2) is 0 Å². The summed E-state index contributed by atoms with van der Waals surface area (Å²) in [5, 5.41) is 5.31. The van der Waals surface area contributed by atoms with Gasteiger partial charge in [-0.1, -0.05) is 36.0 Å². The van der Waals surface area contributed by atoms with Crippen molar-refractivity contribution in [1.29, 1.82) is 0 Å². The Kier molecular flexibility index (Phi) is 5.01. The van der Waals surface area contributed by atoms with Crippen molar-refractivity contribution in [3.05, 3.63) is 34.7 Å². The van der Waals surface area contributed by atoms with Gasteiger partial charge in [-0.15, -0.1) is 11.6 Å². The van der Waals surface area contributed by atoms with E-state index < -0.39 is 15.9 Å². The van der Waals surface area contributed by atoms with Crippen molar-refractivity contribution in [3.8, 4) is 0 Å². The number of hydrogen-bond donors (Lipinski definition) is 1. The van der Waals surface area contributed by atoms with Crippen LogP contribution in [0.15, 0.2) is 34.7 Å². The summed E-state index contributed by atoms with van der Waals surface area (Å²) in [6.07, 6.45) is 8.88. The number of thiocarbonyl (C=S) groups is 1. The van der Waals surface area contributed by atoms with Gasteiger partial charge in [-0.25, -0.2) is 0 Å². The van der Waals surface area contributed by atoms with E-state index in [1.807, 2.05) is 18.2 Å². The molecule has 0 saturated heterocycles. The third-order valence-corrected chi connectivity index (χ3v) is 6.43. The lowest BCUT2D eigenvalue weighted by atomic mass is 9.82. The number of alkyl halides is 1. The van der Waals surface area contributed by atoms with Crippen molar-refractivity contribution in [2.75, 3.05) is 7.05 Å². The molecule has 0 aromatic heterocycles. The first-order valence-electron chi connectivity index (χ1n) is 6.00. The van der Waals surface area contributed by atoms with Crippen LogP contribution in [-0.2, 0) is 11.2 Å². The molecule has 0 radical (unpaired) electrons. The number of nitrogens with one attached hydrogen (secondary N) is 1. The smallest absolute Gasteiger partial charge is 0.204 e. The van der Waals surface area contributed by atoms with Crippen LogP contribution in [0.2, 0.25) is 0 Å². The molecule has 0 aromatic rings. The predicted molar refractivity (Wildman–Crippen MR) is 87.1 cm³/mol. The van der Waals surface area contributed by atoms with Gasteiger partial charge in [0.05, 0.1) is 0 Å². The lowest BCUT2D eigenvalue weighted by Crippen LogP contribution is -2.54. The van der Waals surface area contributed by atoms with Crippen LogP contribution in [-0.4, -0.2) is 26.7 Å². The van der Waals surface area contributed by atoms with E-state index in [4.69, 9.17) is 35.4 Å². The van der Waals surface area contributed by atoms with E-state index in [1.165, 1.54) is 0 Å². The van der Waals surface area contributed by atoms with E-state index in [0.29, 0.717) is 17.8 Å². The zero-order valence-electron chi connectivity index (χ0n) is 10.4. The zero-order chi connectivity index (χ0) is 14.0. The average Bonchev–Trinajstić information content (AvgIpc) is 2.37. The van der Waals surface area contributed by atoms with Crippen molar-refractivity contribution >= 4 is 51.6 Å².